The van der Waals surface area contributed by atoms with Gasteiger partial charge < -0.3 is 4.57 Å². The van der Waals surface area contributed by atoms with Gasteiger partial charge in [-0.25, -0.2) is 9.97 Å². The molecule has 0 atom stereocenters. The number of imidazole rings is 1. The highest BCUT2D eigenvalue weighted by molar-refractivity contribution is 6.31. The van der Waals surface area contributed by atoms with Crippen molar-refractivity contribution in [1.29, 1.82) is 0 Å². The number of halogens is 1. The van der Waals surface area contributed by atoms with Crippen LogP contribution in [0, 0.1) is 0 Å². The van der Waals surface area contributed by atoms with Gasteiger partial charge in [-0.1, -0.05) is 54.1 Å². The Kier molecular flexibility index (Phi) is 3.69. The van der Waals surface area contributed by atoms with E-state index < -0.39 is 0 Å². The van der Waals surface area contributed by atoms with Gasteiger partial charge in [0, 0.05) is 17.5 Å². The van der Waals surface area contributed by atoms with E-state index in [1.54, 1.807) is 0 Å². The van der Waals surface area contributed by atoms with Crippen molar-refractivity contribution in [3.8, 4) is 22.6 Å². The first kappa shape index (κ1) is 16.0. The van der Waals surface area contributed by atoms with E-state index in [4.69, 9.17) is 21.6 Å². The van der Waals surface area contributed by atoms with Crippen molar-refractivity contribution in [3.05, 3.63) is 83.9 Å². The van der Waals surface area contributed by atoms with Gasteiger partial charge in [0.15, 0.2) is 5.82 Å². The number of pyridine rings is 1. The molecule has 3 nitrogen and oxygen atoms in total. The summed E-state index contributed by atoms with van der Waals surface area (Å²) in [6.45, 7) is 0. The monoisotopic (exact) mass is 369 g/mol. The van der Waals surface area contributed by atoms with E-state index in [-0.39, 0.29) is 0 Å². The quantitative estimate of drug-likeness (QED) is 0.376. The molecule has 2 aromatic heterocycles. The molecule has 0 aliphatic carbocycles. The Balaban J connectivity index is 1.83. The van der Waals surface area contributed by atoms with Gasteiger partial charge >= 0.3 is 0 Å². The summed E-state index contributed by atoms with van der Waals surface area (Å²) in [6, 6.07) is 26.4. The molecule has 0 radical (unpaired) electrons. The molecule has 0 amide bonds. The maximum atomic E-state index is 6.27. The van der Waals surface area contributed by atoms with E-state index in [2.05, 4.69) is 28.8 Å². The number of hydrogen-bond donors (Lipinski definition) is 0. The minimum atomic E-state index is 0.706. The number of benzene rings is 3. The number of fused-ring (bicyclic) bond motifs is 2. The zero-order valence-electron chi connectivity index (χ0n) is 14.7. The Morgan fingerprint density at radius 3 is 2.37 bits per heavy atom. The molecular formula is C23H16ClN3. The molecule has 0 spiro atoms. The third-order valence-electron chi connectivity index (χ3n) is 4.87. The van der Waals surface area contributed by atoms with Crippen molar-refractivity contribution in [2.45, 2.75) is 0 Å². The Bertz CT molecular complexity index is 1290. The van der Waals surface area contributed by atoms with Crippen molar-refractivity contribution in [3.63, 3.8) is 0 Å². The number of hydrogen-bond acceptors (Lipinski definition) is 2. The highest BCUT2D eigenvalue weighted by Crippen LogP contribution is 2.33. The van der Waals surface area contributed by atoms with Crippen LogP contribution < -0.4 is 0 Å². The van der Waals surface area contributed by atoms with E-state index >= 15 is 0 Å². The Labute approximate surface area is 161 Å². The molecule has 0 N–H and O–H groups in total. The predicted molar refractivity (Wildman–Crippen MR) is 112 cm³/mol. The molecule has 5 aromatic rings. The molecular weight excluding hydrogens is 354 g/mol. The molecule has 5 rings (SSSR count). The van der Waals surface area contributed by atoms with Crippen molar-refractivity contribution < 1.29 is 0 Å². The fraction of sp³-hybridized carbons (Fsp3) is 0.0435. The average molecular weight is 370 g/mol. The number of aryl methyl sites for hydroxylation is 1. The fourth-order valence-corrected chi connectivity index (χ4v) is 3.72. The Morgan fingerprint density at radius 2 is 1.56 bits per heavy atom. The predicted octanol–water partition coefficient (Wildman–Crippen LogP) is 6.11. The van der Waals surface area contributed by atoms with Gasteiger partial charge in [-0.05, 0) is 47.5 Å². The molecule has 0 bridgehead atoms. The summed E-state index contributed by atoms with van der Waals surface area (Å²) in [5.74, 6) is 0.852. The largest absolute Gasteiger partial charge is 0.326 e. The first-order chi connectivity index (χ1) is 13.2. The zero-order valence-corrected chi connectivity index (χ0v) is 15.5. The van der Waals surface area contributed by atoms with E-state index in [1.165, 1.54) is 0 Å². The minimum absolute atomic E-state index is 0.706. The molecule has 0 aliphatic rings. The van der Waals surface area contributed by atoms with Crippen molar-refractivity contribution in [2.24, 2.45) is 7.05 Å². The van der Waals surface area contributed by atoms with Crippen molar-refractivity contribution in [2.75, 3.05) is 0 Å². The van der Waals surface area contributed by atoms with E-state index in [1.807, 2.05) is 61.6 Å². The van der Waals surface area contributed by atoms with Crippen LogP contribution >= 0.6 is 11.6 Å². The smallest absolute Gasteiger partial charge is 0.159 e. The molecule has 0 fully saturated rings. The summed E-state index contributed by atoms with van der Waals surface area (Å²) in [7, 11) is 2.03. The highest BCUT2D eigenvalue weighted by Gasteiger charge is 2.15. The Hall–Kier alpha value is -3.17. The second-order valence-corrected chi connectivity index (χ2v) is 7.00. The highest BCUT2D eigenvalue weighted by atomic mass is 35.5. The van der Waals surface area contributed by atoms with Crippen molar-refractivity contribution in [1.82, 2.24) is 14.5 Å². The summed E-state index contributed by atoms with van der Waals surface area (Å²) in [4.78, 5) is 9.70. The lowest BCUT2D eigenvalue weighted by molar-refractivity contribution is 0.952. The summed E-state index contributed by atoms with van der Waals surface area (Å²) < 4.78 is 2.09. The van der Waals surface area contributed by atoms with Gasteiger partial charge in [-0.3, -0.25) is 0 Å². The molecule has 2 heterocycles. The van der Waals surface area contributed by atoms with Gasteiger partial charge in [0.25, 0.3) is 0 Å². The number of aromatic nitrogens is 3. The number of nitrogens with zero attached hydrogens (tertiary/aromatic N) is 3. The maximum absolute atomic E-state index is 6.27. The van der Waals surface area contributed by atoms with Gasteiger partial charge in [0.05, 0.1) is 16.6 Å². The van der Waals surface area contributed by atoms with Crippen LogP contribution in [0.15, 0.2) is 78.9 Å². The van der Waals surface area contributed by atoms with Crippen LogP contribution in [0.1, 0.15) is 0 Å². The minimum Gasteiger partial charge on any atom is -0.326 e. The van der Waals surface area contributed by atoms with Crippen LogP contribution in [-0.4, -0.2) is 14.5 Å². The standard InChI is InChI=1S/C23H16ClN3/c1-27-22-10-6-5-9-20(22)26-23(27)21-14-17(15-7-3-2-4-8-15)18-13-16(24)11-12-19(18)25-21/h2-14H,1H3. The van der Waals surface area contributed by atoms with Gasteiger partial charge in [0.2, 0.25) is 0 Å². The summed E-state index contributed by atoms with van der Waals surface area (Å²) in [5, 5.41) is 1.74. The number of rotatable bonds is 2. The first-order valence-electron chi connectivity index (χ1n) is 8.78. The normalized spacial score (nSPS) is 11.3. The van der Waals surface area contributed by atoms with Crippen LogP contribution in [0.3, 0.4) is 0 Å². The topological polar surface area (TPSA) is 30.7 Å². The van der Waals surface area contributed by atoms with Crippen LogP contribution in [0.4, 0.5) is 0 Å². The van der Waals surface area contributed by atoms with Crippen molar-refractivity contribution >= 4 is 33.5 Å². The zero-order chi connectivity index (χ0) is 18.4. The molecule has 0 unspecified atom stereocenters. The Morgan fingerprint density at radius 1 is 0.778 bits per heavy atom. The lowest BCUT2D eigenvalue weighted by Gasteiger charge is -2.11. The molecule has 3 aromatic carbocycles. The lowest BCUT2D eigenvalue weighted by atomic mass is 10.00. The SMILES string of the molecule is Cn1c(-c2cc(-c3ccccc3)c3cc(Cl)ccc3n2)nc2ccccc21. The maximum Gasteiger partial charge on any atom is 0.159 e. The molecule has 0 saturated heterocycles. The van der Waals surface area contributed by atoms with E-state index in [0.717, 1.165) is 44.6 Å². The molecule has 0 aliphatic heterocycles. The first-order valence-corrected chi connectivity index (χ1v) is 9.16. The number of para-hydroxylation sites is 2. The lowest BCUT2D eigenvalue weighted by Crippen LogP contribution is -1.96. The van der Waals surface area contributed by atoms with E-state index in [9.17, 15) is 0 Å². The fourth-order valence-electron chi connectivity index (χ4n) is 3.54. The van der Waals surface area contributed by atoms with Gasteiger partial charge in [0.1, 0.15) is 5.69 Å². The summed E-state index contributed by atoms with van der Waals surface area (Å²) in [6.07, 6.45) is 0. The second kappa shape index (κ2) is 6.22. The molecule has 130 valence electrons. The molecule has 4 heteroatoms. The van der Waals surface area contributed by atoms with Gasteiger partial charge in [-0.15, -0.1) is 0 Å². The van der Waals surface area contributed by atoms with Crippen LogP contribution in [0.5, 0.6) is 0 Å². The third-order valence-corrected chi connectivity index (χ3v) is 5.11. The molecule has 0 saturated carbocycles. The van der Waals surface area contributed by atoms with Gasteiger partial charge in [-0.2, -0.15) is 0 Å². The summed E-state index contributed by atoms with van der Waals surface area (Å²) >= 11 is 6.27. The van der Waals surface area contributed by atoms with Crippen LogP contribution in [0.25, 0.3) is 44.6 Å². The third kappa shape index (κ3) is 2.68. The average Bonchev–Trinajstić information content (AvgIpc) is 3.05. The van der Waals surface area contributed by atoms with Crippen LogP contribution in [-0.2, 0) is 7.05 Å². The van der Waals surface area contributed by atoms with Crippen LogP contribution in [0.2, 0.25) is 5.02 Å². The summed E-state index contributed by atoms with van der Waals surface area (Å²) in [5.41, 5.74) is 6.04. The second-order valence-electron chi connectivity index (χ2n) is 6.57. The molecule has 27 heavy (non-hydrogen) atoms. The van der Waals surface area contributed by atoms with E-state index in [0.29, 0.717) is 5.02 Å².